The fourth-order valence-corrected chi connectivity index (χ4v) is 2.23. The van der Waals surface area contributed by atoms with Crippen LogP contribution in [0.25, 0.3) is 0 Å². The van der Waals surface area contributed by atoms with Crippen molar-refractivity contribution < 1.29 is 14.4 Å². The molecule has 22 heavy (non-hydrogen) atoms. The molecule has 0 bridgehead atoms. The van der Waals surface area contributed by atoms with Crippen LogP contribution >= 0.6 is 0 Å². The van der Waals surface area contributed by atoms with Crippen molar-refractivity contribution >= 4 is 29.1 Å². The van der Waals surface area contributed by atoms with Crippen LogP contribution in [-0.2, 0) is 0 Å². The van der Waals surface area contributed by atoms with E-state index in [4.69, 9.17) is 5.73 Å². The zero-order chi connectivity index (χ0) is 15.9. The van der Waals surface area contributed by atoms with Gasteiger partial charge in [0.15, 0.2) is 0 Å². The molecule has 0 unspecified atom stereocenters. The molecule has 3 amide bonds. The van der Waals surface area contributed by atoms with Crippen LogP contribution in [-0.4, -0.2) is 17.7 Å². The second kappa shape index (κ2) is 5.00. The van der Waals surface area contributed by atoms with Crippen LogP contribution in [0.1, 0.15) is 36.6 Å². The van der Waals surface area contributed by atoms with Crippen LogP contribution in [0.2, 0.25) is 0 Å². The van der Waals surface area contributed by atoms with Crippen molar-refractivity contribution in [3.8, 4) is 0 Å². The van der Waals surface area contributed by atoms with E-state index in [0.29, 0.717) is 22.5 Å². The quantitative estimate of drug-likeness (QED) is 0.580. The summed E-state index contributed by atoms with van der Waals surface area (Å²) in [5, 5.41) is 4.89. The summed E-state index contributed by atoms with van der Waals surface area (Å²) >= 11 is 0. The third kappa shape index (κ3) is 2.31. The SMILES string of the molecule is Cc1ccc(C(=O)Nc2ccc3c(c2)C(=O)NC3=O)cc1N. The van der Waals surface area contributed by atoms with Gasteiger partial charge in [0, 0.05) is 16.9 Å². The van der Waals surface area contributed by atoms with Gasteiger partial charge in [0.1, 0.15) is 0 Å². The normalized spacial score (nSPS) is 12.8. The number of carbonyl (C=O) groups is 3. The molecule has 3 rings (SSSR count). The van der Waals surface area contributed by atoms with Crippen LogP contribution in [0.5, 0.6) is 0 Å². The number of nitrogens with one attached hydrogen (secondary N) is 2. The van der Waals surface area contributed by atoms with Gasteiger partial charge in [0.05, 0.1) is 11.1 Å². The molecule has 6 nitrogen and oxygen atoms in total. The lowest BCUT2D eigenvalue weighted by atomic mass is 10.1. The van der Waals surface area contributed by atoms with Crippen molar-refractivity contribution in [2.24, 2.45) is 0 Å². The van der Waals surface area contributed by atoms with E-state index in [9.17, 15) is 14.4 Å². The van der Waals surface area contributed by atoms with E-state index in [1.165, 1.54) is 12.1 Å². The van der Waals surface area contributed by atoms with Gasteiger partial charge in [-0.2, -0.15) is 0 Å². The Morgan fingerprint density at radius 1 is 1.05 bits per heavy atom. The number of carbonyl (C=O) groups excluding carboxylic acids is 3. The number of rotatable bonds is 2. The van der Waals surface area contributed by atoms with Crippen LogP contribution < -0.4 is 16.4 Å². The van der Waals surface area contributed by atoms with Gasteiger partial charge in [-0.1, -0.05) is 6.07 Å². The zero-order valence-electron chi connectivity index (χ0n) is 11.8. The average molecular weight is 295 g/mol. The van der Waals surface area contributed by atoms with Crippen molar-refractivity contribution in [2.75, 3.05) is 11.1 Å². The van der Waals surface area contributed by atoms with Crippen LogP contribution in [0.4, 0.5) is 11.4 Å². The van der Waals surface area contributed by atoms with Gasteiger partial charge in [0.2, 0.25) is 0 Å². The van der Waals surface area contributed by atoms with Crippen molar-refractivity contribution in [3.05, 3.63) is 58.7 Å². The number of amides is 3. The molecule has 4 N–H and O–H groups in total. The molecule has 6 heteroatoms. The second-order valence-electron chi connectivity index (χ2n) is 5.07. The van der Waals surface area contributed by atoms with Gasteiger partial charge >= 0.3 is 0 Å². The molecule has 1 aliphatic rings. The Balaban J connectivity index is 1.86. The highest BCUT2D eigenvalue weighted by Crippen LogP contribution is 2.21. The zero-order valence-corrected chi connectivity index (χ0v) is 11.8. The summed E-state index contributed by atoms with van der Waals surface area (Å²) in [6.45, 7) is 1.85. The van der Waals surface area contributed by atoms with Gasteiger partial charge in [-0.15, -0.1) is 0 Å². The number of fused-ring (bicyclic) bond motifs is 1. The topological polar surface area (TPSA) is 101 Å². The minimum absolute atomic E-state index is 0.256. The Labute approximate surface area is 126 Å². The molecule has 0 saturated carbocycles. The number of nitrogens with two attached hydrogens (primary N) is 1. The standard InChI is InChI=1S/C16H13N3O3/c1-8-2-3-9(6-13(8)17)14(20)18-10-4-5-11-12(7-10)16(22)19-15(11)21/h2-7H,17H2,1H3,(H,18,20)(H,19,21,22). The number of anilines is 2. The van der Waals surface area contributed by atoms with Gasteiger partial charge in [0.25, 0.3) is 17.7 Å². The Morgan fingerprint density at radius 2 is 1.77 bits per heavy atom. The summed E-state index contributed by atoms with van der Waals surface area (Å²) in [6.07, 6.45) is 0. The molecule has 0 spiro atoms. The lowest BCUT2D eigenvalue weighted by Crippen LogP contribution is -2.19. The third-order valence-electron chi connectivity index (χ3n) is 3.54. The molecular formula is C16H13N3O3. The van der Waals surface area contributed by atoms with Crippen LogP contribution in [0.15, 0.2) is 36.4 Å². The molecule has 0 aromatic heterocycles. The molecule has 2 aromatic rings. The second-order valence-corrected chi connectivity index (χ2v) is 5.07. The monoisotopic (exact) mass is 295 g/mol. The molecule has 0 radical (unpaired) electrons. The fraction of sp³-hybridized carbons (Fsp3) is 0.0625. The van der Waals surface area contributed by atoms with Gasteiger partial charge in [-0.25, -0.2) is 0 Å². The Bertz CT molecular complexity index is 827. The lowest BCUT2D eigenvalue weighted by Gasteiger charge is -2.08. The highest BCUT2D eigenvalue weighted by Gasteiger charge is 2.26. The van der Waals surface area contributed by atoms with Gasteiger partial charge < -0.3 is 11.1 Å². The minimum Gasteiger partial charge on any atom is -0.398 e. The first kappa shape index (κ1) is 13.8. The minimum atomic E-state index is -0.462. The van der Waals surface area contributed by atoms with E-state index in [0.717, 1.165) is 5.56 Å². The predicted octanol–water partition coefficient (Wildman–Crippen LogP) is 1.71. The molecule has 1 aliphatic heterocycles. The molecular weight excluding hydrogens is 282 g/mol. The first-order valence-corrected chi connectivity index (χ1v) is 6.63. The molecule has 2 aromatic carbocycles. The molecule has 0 aliphatic carbocycles. The van der Waals surface area contributed by atoms with E-state index in [1.54, 1.807) is 24.3 Å². The molecule has 0 saturated heterocycles. The fourth-order valence-electron chi connectivity index (χ4n) is 2.23. The number of aryl methyl sites for hydroxylation is 1. The van der Waals surface area contributed by atoms with Gasteiger partial charge in [-0.3, -0.25) is 19.7 Å². The van der Waals surface area contributed by atoms with Crippen LogP contribution in [0.3, 0.4) is 0 Å². The highest BCUT2D eigenvalue weighted by atomic mass is 16.2. The summed E-state index contributed by atoms with van der Waals surface area (Å²) < 4.78 is 0. The van der Waals surface area contributed by atoms with E-state index in [1.807, 2.05) is 6.92 Å². The van der Waals surface area contributed by atoms with E-state index in [-0.39, 0.29) is 11.5 Å². The predicted molar refractivity (Wildman–Crippen MR) is 81.8 cm³/mol. The first-order valence-electron chi connectivity index (χ1n) is 6.63. The summed E-state index contributed by atoms with van der Waals surface area (Å²) in [5.41, 5.74) is 8.64. The molecule has 0 fully saturated rings. The van der Waals surface area contributed by atoms with E-state index >= 15 is 0 Å². The maximum absolute atomic E-state index is 12.2. The molecule has 110 valence electrons. The molecule has 1 heterocycles. The van der Waals surface area contributed by atoms with E-state index in [2.05, 4.69) is 10.6 Å². The van der Waals surface area contributed by atoms with Crippen molar-refractivity contribution in [2.45, 2.75) is 6.92 Å². The Hall–Kier alpha value is -3.15. The van der Waals surface area contributed by atoms with Crippen molar-refractivity contribution in [1.82, 2.24) is 5.32 Å². The van der Waals surface area contributed by atoms with Crippen molar-refractivity contribution in [3.63, 3.8) is 0 Å². The third-order valence-corrected chi connectivity index (χ3v) is 3.54. The molecule has 0 atom stereocenters. The Kier molecular flexibility index (Phi) is 3.14. The number of benzene rings is 2. The number of imide groups is 1. The van der Waals surface area contributed by atoms with E-state index < -0.39 is 11.8 Å². The first-order chi connectivity index (χ1) is 10.5. The number of hydrogen-bond donors (Lipinski definition) is 3. The maximum atomic E-state index is 12.2. The van der Waals surface area contributed by atoms with Crippen molar-refractivity contribution in [1.29, 1.82) is 0 Å². The summed E-state index contributed by atoms with van der Waals surface area (Å²) in [6, 6.07) is 9.59. The maximum Gasteiger partial charge on any atom is 0.259 e. The van der Waals surface area contributed by atoms with Crippen LogP contribution in [0, 0.1) is 6.92 Å². The smallest absolute Gasteiger partial charge is 0.259 e. The largest absolute Gasteiger partial charge is 0.398 e. The number of nitrogen functional groups attached to an aromatic ring is 1. The average Bonchev–Trinajstić information content (AvgIpc) is 2.76. The number of hydrogen-bond acceptors (Lipinski definition) is 4. The summed E-state index contributed by atoms with van der Waals surface area (Å²) in [5.74, 6) is -1.23. The highest BCUT2D eigenvalue weighted by molar-refractivity contribution is 6.22. The van der Waals surface area contributed by atoms with Gasteiger partial charge in [-0.05, 0) is 42.8 Å². The summed E-state index contributed by atoms with van der Waals surface area (Å²) in [4.78, 5) is 35.3. The lowest BCUT2D eigenvalue weighted by molar-refractivity contribution is 0.0878. The summed E-state index contributed by atoms with van der Waals surface area (Å²) in [7, 11) is 0. The Morgan fingerprint density at radius 3 is 2.50 bits per heavy atom.